The molecule has 1 atom stereocenters. The Morgan fingerprint density at radius 3 is 2.28 bits per heavy atom. The highest BCUT2D eigenvalue weighted by Crippen LogP contribution is 2.24. The molecular weight excluding hydrogens is 408 g/mol. The van der Waals surface area contributed by atoms with Gasteiger partial charge in [0.2, 0.25) is 5.91 Å². The van der Waals surface area contributed by atoms with E-state index in [0.29, 0.717) is 5.75 Å². The number of amides is 1. The first kappa shape index (κ1) is 21.0. The Morgan fingerprint density at radius 1 is 1.03 bits per heavy atom. The van der Waals surface area contributed by atoms with Crippen LogP contribution in [0.15, 0.2) is 76.3 Å². The highest BCUT2D eigenvalue weighted by Gasteiger charge is 2.25. The second-order valence-corrected chi connectivity index (χ2v) is 9.60. The second kappa shape index (κ2) is 9.21. The Labute approximate surface area is 174 Å². The molecule has 0 spiro atoms. The summed E-state index contributed by atoms with van der Waals surface area (Å²) in [5.41, 5.74) is 1.77. The molecule has 29 heavy (non-hydrogen) atoms. The van der Waals surface area contributed by atoms with Crippen molar-refractivity contribution in [2.75, 3.05) is 20.7 Å². The number of carbonyl (C=O) groups excluding carboxylic acids is 1. The maximum Gasteiger partial charge on any atom is 0.252 e. The van der Waals surface area contributed by atoms with Crippen molar-refractivity contribution in [3.05, 3.63) is 83.2 Å². The topological polar surface area (TPSA) is 75.7 Å². The van der Waals surface area contributed by atoms with Crippen molar-refractivity contribution in [3.63, 3.8) is 0 Å². The van der Waals surface area contributed by atoms with Gasteiger partial charge in [0.05, 0.1) is 19.7 Å². The van der Waals surface area contributed by atoms with Crippen LogP contribution in [0.25, 0.3) is 0 Å². The summed E-state index contributed by atoms with van der Waals surface area (Å²) in [6.45, 7) is -0.278. The molecule has 8 heteroatoms. The molecule has 1 N–H and O–H groups in total. The number of hydrogen-bond acceptors (Lipinski definition) is 5. The van der Waals surface area contributed by atoms with E-state index < -0.39 is 22.0 Å². The lowest BCUT2D eigenvalue weighted by Crippen LogP contribution is -2.39. The minimum atomic E-state index is -3.69. The molecule has 0 aliphatic carbocycles. The molecule has 1 heterocycles. The van der Waals surface area contributed by atoms with E-state index in [1.807, 2.05) is 54.6 Å². The Kier molecular flexibility index (Phi) is 6.68. The second-order valence-electron chi connectivity index (χ2n) is 6.38. The minimum absolute atomic E-state index is 0.211. The summed E-state index contributed by atoms with van der Waals surface area (Å²) in [5, 5.41) is 4.64. The van der Waals surface area contributed by atoms with Crippen molar-refractivity contribution >= 4 is 27.3 Å². The summed E-state index contributed by atoms with van der Waals surface area (Å²) >= 11 is 1.12. The maximum absolute atomic E-state index is 12.7. The Bertz CT molecular complexity index is 1030. The third kappa shape index (κ3) is 5.03. The number of methoxy groups -OCH3 is 1. The molecule has 3 rings (SSSR count). The van der Waals surface area contributed by atoms with Crippen LogP contribution in [-0.4, -0.2) is 39.3 Å². The van der Waals surface area contributed by atoms with Gasteiger partial charge in [-0.25, -0.2) is 8.42 Å². The molecule has 0 aliphatic heterocycles. The summed E-state index contributed by atoms with van der Waals surface area (Å²) in [6, 6.07) is 19.7. The predicted octanol–water partition coefficient (Wildman–Crippen LogP) is 3.28. The third-order valence-electron chi connectivity index (χ3n) is 4.41. The summed E-state index contributed by atoms with van der Waals surface area (Å²) in [4.78, 5) is 12.7. The highest BCUT2D eigenvalue weighted by atomic mass is 32.2. The maximum atomic E-state index is 12.7. The monoisotopic (exact) mass is 430 g/mol. The molecule has 0 fully saturated rings. The average molecular weight is 431 g/mol. The van der Waals surface area contributed by atoms with Crippen LogP contribution in [-0.2, 0) is 14.8 Å². The van der Waals surface area contributed by atoms with Crippen LogP contribution in [0.3, 0.4) is 0 Å². The van der Waals surface area contributed by atoms with Gasteiger partial charge in [0.15, 0.2) is 0 Å². The molecule has 0 saturated carbocycles. The van der Waals surface area contributed by atoms with Crippen LogP contribution in [0.2, 0.25) is 0 Å². The van der Waals surface area contributed by atoms with Gasteiger partial charge in [-0.1, -0.05) is 48.5 Å². The molecule has 0 saturated heterocycles. The molecule has 3 aromatic rings. The van der Waals surface area contributed by atoms with E-state index in [2.05, 4.69) is 5.32 Å². The molecule has 0 unspecified atom stereocenters. The smallest absolute Gasteiger partial charge is 0.252 e. The van der Waals surface area contributed by atoms with Crippen molar-refractivity contribution in [3.8, 4) is 5.75 Å². The summed E-state index contributed by atoms with van der Waals surface area (Å²) < 4.78 is 31.6. The number of carbonyl (C=O) groups is 1. The number of nitrogens with zero attached hydrogens (tertiary/aromatic N) is 1. The molecule has 1 aromatic heterocycles. The van der Waals surface area contributed by atoms with Crippen molar-refractivity contribution in [2.45, 2.75) is 10.3 Å². The van der Waals surface area contributed by atoms with Gasteiger partial charge in [-0.15, -0.1) is 11.3 Å². The van der Waals surface area contributed by atoms with Crippen molar-refractivity contribution in [1.82, 2.24) is 9.62 Å². The quantitative estimate of drug-likeness (QED) is 0.595. The van der Waals surface area contributed by atoms with Crippen LogP contribution < -0.4 is 10.1 Å². The van der Waals surface area contributed by atoms with E-state index in [0.717, 1.165) is 26.8 Å². The van der Waals surface area contributed by atoms with Crippen LogP contribution in [0, 0.1) is 0 Å². The first-order valence-corrected chi connectivity index (χ1v) is 11.2. The van der Waals surface area contributed by atoms with Gasteiger partial charge in [0, 0.05) is 7.05 Å². The van der Waals surface area contributed by atoms with E-state index in [9.17, 15) is 13.2 Å². The third-order valence-corrected chi connectivity index (χ3v) is 7.59. The molecule has 6 nitrogen and oxygen atoms in total. The summed E-state index contributed by atoms with van der Waals surface area (Å²) in [5.74, 6) is 0.325. The van der Waals surface area contributed by atoms with Gasteiger partial charge in [0.25, 0.3) is 10.0 Å². The highest BCUT2D eigenvalue weighted by molar-refractivity contribution is 7.91. The lowest BCUT2D eigenvalue weighted by Gasteiger charge is -2.22. The van der Waals surface area contributed by atoms with Gasteiger partial charge < -0.3 is 10.1 Å². The lowest BCUT2D eigenvalue weighted by molar-refractivity contribution is -0.121. The largest absolute Gasteiger partial charge is 0.497 e. The fraction of sp³-hybridized carbons (Fsp3) is 0.190. The number of benzene rings is 2. The number of rotatable bonds is 8. The van der Waals surface area contributed by atoms with Crippen LogP contribution in [0.1, 0.15) is 17.2 Å². The van der Waals surface area contributed by atoms with Gasteiger partial charge in [-0.05, 0) is 34.7 Å². The average Bonchev–Trinajstić information content (AvgIpc) is 3.28. The van der Waals surface area contributed by atoms with E-state index in [-0.39, 0.29) is 10.8 Å². The van der Waals surface area contributed by atoms with E-state index >= 15 is 0 Å². The number of sulfonamides is 1. The summed E-state index contributed by atoms with van der Waals surface area (Å²) in [6.07, 6.45) is 0. The van der Waals surface area contributed by atoms with Gasteiger partial charge in [-0.2, -0.15) is 4.31 Å². The van der Waals surface area contributed by atoms with Gasteiger partial charge in [-0.3, -0.25) is 4.79 Å². The summed E-state index contributed by atoms with van der Waals surface area (Å²) in [7, 11) is -0.695. The lowest BCUT2D eigenvalue weighted by atomic mass is 9.98. The molecule has 0 radical (unpaired) electrons. The molecular formula is C21H22N2O4S2. The first-order valence-electron chi connectivity index (χ1n) is 8.90. The molecule has 0 bridgehead atoms. The Balaban J connectivity index is 1.79. The molecule has 1 amide bonds. The number of likely N-dealkylation sites (N-methyl/N-ethyl adjacent to an activating group) is 1. The van der Waals surface area contributed by atoms with Gasteiger partial charge in [0.1, 0.15) is 9.96 Å². The van der Waals surface area contributed by atoms with Crippen molar-refractivity contribution in [2.24, 2.45) is 0 Å². The fourth-order valence-corrected chi connectivity index (χ4v) is 5.19. The Hall–Kier alpha value is -2.68. The van der Waals surface area contributed by atoms with Crippen LogP contribution >= 0.6 is 11.3 Å². The minimum Gasteiger partial charge on any atom is -0.497 e. The van der Waals surface area contributed by atoms with Crippen LogP contribution in [0.5, 0.6) is 5.75 Å². The molecule has 2 aromatic carbocycles. The normalized spacial score (nSPS) is 12.5. The Morgan fingerprint density at radius 2 is 1.69 bits per heavy atom. The standard InChI is InChI=1S/C21H22N2O4S2/c1-23(29(25,26)20-9-6-14-28-20)15-19(24)22-21(16-7-4-3-5-8-16)17-10-12-18(27-2)13-11-17/h3-14,21H,15H2,1-2H3,(H,22,24)/t21-/m0/s1. The van der Waals surface area contributed by atoms with Crippen LogP contribution in [0.4, 0.5) is 0 Å². The van der Waals surface area contributed by atoms with E-state index in [4.69, 9.17) is 4.74 Å². The van der Waals surface area contributed by atoms with Crippen molar-refractivity contribution in [1.29, 1.82) is 0 Å². The first-order chi connectivity index (χ1) is 13.9. The number of nitrogens with one attached hydrogen (secondary N) is 1. The number of hydrogen-bond donors (Lipinski definition) is 1. The zero-order valence-electron chi connectivity index (χ0n) is 16.1. The number of ether oxygens (including phenoxy) is 1. The van der Waals surface area contributed by atoms with E-state index in [1.54, 1.807) is 18.6 Å². The molecule has 152 valence electrons. The predicted molar refractivity (Wildman–Crippen MR) is 114 cm³/mol. The van der Waals surface area contributed by atoms with Gasteiger partial charge >= 0.3 is 0 Å². The van der Waals surface area contributed by atoms with Crippen molar-refractivity contribution < 1.29 is 17.9 Å². The zero-order chi connectivity index (χ0) is 20.9. The fourth-order valence-electron chi connectivity index (χ4n) is 2.86. The number of thiophene rings is 1. The molecule has 0 aliphatic rings. The van der Waals surface area contributed by atoms with E-state index in [1.165, 1.54) is 13.1 Å². The zero-order valence-corrected chi connectivity index (χ0v) is 17.7. The SMILES string of the molecule is COc1ccc([C@@H](NC(=O)CN(C)S(=O)(=O)c2cccs2)c2ccccc2)cc1.